The molecule has 2 unspecified atom stereocenters. The first-order valence-electron chi connectivity index (χ1n) is 7.26. The van der Waals surface area contributed by atoms with Crippen LogP contribution in [0.2, 0.25) is 0 Å². The van der Waals surface area contributed by atoms with E-state index in [2.05, 4.69) is 24.0 Å². The van der Waals surface area contributed by atoms with Gasteiger partial charge in [0.1, 0.15) is 5.60 Å². The van der Waals surface area contributed by atoms with Crippen LogP contribution in [-0.2, 0) is 10.3 Å². The van der Waals surface area contributed by atoms with E-state index in [0.29, 0.717) is 17.6 Å². The third-order valence-corrected chi connectivity index (χ3v) is 4.11. The van der Waals surface area contributed by atoms with Crippen LogP contribution in [0.15, 0.2) is 4.52 Å². The van der Waals surface area contributed by atoms with Crippen LogP contribution < -0.4 is 5.73 Å². The number of nitrogens with two attached hydrogens (primary N) is 1. The molecular formula is C14H25N3O2. The van der Waals surface area contributed by atoms with Gasteiger partial charge in [-0.15, -0.1) is 0 Å². The Kier molecular flexibility index (Phi) is 4.58. The molecule has 1 saturated carbocycles. The predicted octanol–water partition coefficient (Wildman–Crippen LogP) is 2.92. The summed E-state index contributed by atoms with van der Waals surface area (Å²) in [4.78, 5) is 4.50. The van der Waals surface area contributed by atoms with Gasteiger partial charge >= 0.3 is 0 Å². The average Bonchev–Trinajstić information content (AvgIpc) is 2.89. The summed E-state index contributed by atoms with van der Waals surface area (Å²) < 4.78 is 11.1. The van der Waals surface area contributed by atoms with Crippen molar-refractivity contribution in [2.75, 3.05) is 7.11 Å². The van der Waals surface area contributed by atoms with E-state index >= 15 is 0 Å². The minimum atomic E-state index is -0.384. The van der Waals surface area contributed by atoms with Gasteiger partial charge in [-0.2, -0.15) is 4.98 Å². The minimum Gasteiger partial charge on any atom is -0.370 e. The molecule has 1 fully saturated rings. The molecule has 19 heavy (non-hydrogen) atoms. The molecule has 2 rings (SSSR count). The number of aromatic nitrogens is 2. The summed E-state index contributed by atoms with van der Waals surface area (Å²) in [7, 11) is 1.74. The van der Waals surface area contributed by atoms with Crippen LogP contribution in [-0.4, -0.2) is 17.3 Å². The lowest BCUT2D eigenvalue weighted by atomic mass is 9.78. The number of hydrogen-bond donors (Lipinski definition) is 1. The summed E-state index contributed by atoms with van der Waals surface area (Å²) >= 11 is 0. The predicted molar refractivity (Wildman–Crippen MR) is 72.5 cm³/mol. The highest BCUT2D eigenvalue weighted by atomic mass is 16.5. The van der Waals surface area contributed by atoms with Gasteiger partial charge in [-0.05, 0) is 31.6 Å². The SMILES string of the molecule is CCC[C@H](N)c1nc(C2(OC)CCCC(C)C2)no1. The molecule has 0 spiro atoms. The summed E-state index contributed by atoms with van der Waals surface area (Å²) in [5, 5.41) is 4.13. The third kappa shape index (κ3) is 2.98. The minimum absolute atomic E-state index is 0.166. The standard InChI is InChI=1S/C14H25N3O2/c1-4-6-11(15)12-16-13(17-19-12)14(18-3)8-5-7-10(2)9-14/h10-11H,4-9,15H2,1-3H3/t10?,11-,14?/m0/s1. The molecule has 108 valence electrons. The second-order valence-corrected chi connectivity index (χ2v) is 5.75. The molecule has 0 radical (unpaired) electrons. The Morgan fingerprint density at radius 3 is 3.00 bits per heavy atom. The second-order valence-electron chi connectivity index (χ2n) is 5.75. The average molecular weight is 267 g/mol. The molecule has 0 aliphatic heterocycles. The van der Waals surface area contributed by atoms with Crippen LogP contribution in [0.4, 0.5) is 0 Å². The first-order chi connectivity index (χ1) is 9.11. The van der Waals surface area contributed by atoms with Crippen molar-refractivity contribution in [1.29, 1.82) is 0 Å². The Labute approximate surface area is 114 Å². The van der Waals surface area contributed by atoms with Crippen molar-refractivity contribution in [3.8, 4) is 0 Å². The third-order valence-electron chi connectivity index (χ3n) is 4.11. The van der Waals surface area contributed by atoms with Crippen LogP contribution in [0.3, 0.4) is 0 Å². The van der Waals surface area contributed by atoms with Gasteiger partial charge in [0.05, 0.1) is 6.04 Å². The zero-order valence-corrected chi connectivity index (χ0v) is 12.2. The highest BCUT2D eigenvalue weighted by Crippen LogP contribution is 2.41. The first kappa shape index (κ1) is 14.5. The molecule has 1 aliphatic rings. The maximum absolute atomic E-state index is 6.02. The lowest BCUT2D eigenvalue weighted by Gasteiger charge is -2.36. The van der Waals surface area contributed by atoms with Gasteiger partial charge in [-0.25, -0.2) is 0 Å². The first-order valence-corrected chi connectivity index (χ1v) is 7.26. The summed E-state index contributed by atoms with van der Waals surface area (Å²) in [5.41, 5.74) is 5.64. The molecule has 1 heterocycles. The molecular weight excluding hydrogens is 242 g/mol. The van der Waals surface area contributed by atoms with E-state index in [0.717, 1.165) is 32.1 Å². The van der Waals surface area contributed by atoms with Crippen molar-refractivity contribution >= 4 is 0 Å². The van der Waals surface area contributed by atoms with E-state index in [1.54, 1.807) is 7.11 Å². The maximum atomic E-state index is 6.02. The summed E-state index contributed by atoms with van der Waals surface area (Å²) in [5.74, 6) is 1.83. The molecule has 2 N–H and O–H groups in total. The summed E-state index contributed by atoms with van der Waals surface area (Å²) in [6.45, 7) is 4.34. The Bertz CT molecular complexity index is 407. The summed E-state index contributed by atoms with van der Waals surface area (Å²) in [6, 6.07) is -0.166. The zero-order valence-electron chi connectivity index (χ0n) is 12.2. The van der Waals surface area contributed by atoms with Crippen molar-refractivity contribution < 1.29 is 9.26 Å². The van der Waals surface area contributed by atoms with Crippen LogP contribution in [0.5, 0.6) is 0 Å². The van der Waals surface area contributed by atoms with Gasteiger partial charge in [0.2, 0.25) is 11.7 Å². The largest absolute Gasteiger partial charge is 0.370 e. The Morgan fingerprint density at radius 1 is 1.58 bits per heavy atom. The van der Waals surface area contributed by atoms with Crippen molar-refractivity contribution in [3.05, 3.63) is 11.7 Å². The highest BCUT2D eigenvalue weighted by Gasteiger charge is 2.41. The normalized spacial score (nSPS) is 29.4. The fourth-order valence-corrected chi connectivity index (χ4v) is 2.99. The van der Waals surface area contributed by atoms with Gasteiger partial charge < -0.3 is 15.0 Å². The smallest absolute Gasteiger partial charge is 0.243 e. The van der Waals surface area contributed by atoms with Crippen molar-refractivity contribution in [2.45, 2.75) is 64.0 Å². The van der Waals surface area contributed by atoms with Crippen molar-refractivity contribution in [2.24, 2.45) is 11.7 Å². The number of nitrogens with zero attached hydrogens (tertiary/aromatic N) is 2. The number of hydrogen-bond acceptors (Lipinski definition) is 5. The highest BCUT2D eigenvalue weighted by molar-refractivity contribution is 5.05. The second kappa shape index (κ2) is 6.01. The fourth-order valence-electron chi connectivity index (χ4n) is 2.99. The molecule has 0 amide bonds. The van der Waals surface area contributed by atoms with Gasteiger partial charge in [-0.1, -0.05) is 31.8 Å². The van der Waals surface area contributed by atoms with Crippen molar-refractivity contribution in [3.63, 3.8) is 0 Å². The number of methoxy groups -OCH3 is 1. The number of rotatable bonds is 5. The molecule has 5 nitrogen and oxygen atoms in total. The van der Waals surface area contributed by atoms with E-state index in [1.165, 1.54) is 6.42 Å². The summed E-state index contributed by atoms with van der Waals surface area (Å²) in [6.07, 6.45) is 6.15. The van der Waals surface area contributed by atoms with E-state index in [4.69, 9.17) is 15.0 Å². The molecule has 3 atom stereocenters. The van der Waals surface area contributed by atoms with E-state index in [-0.39, 0.29) is 11.6 Å². The van der Waals surface area contributed by atoms with E-state index < -0.39 is 0 Å². The molecule has 0 bridgehead atoms. The van der Waals surface area contributed by atoms with Gasteiger partial charge in [0.15, 0.2) is 0 Å². The van der Waals surface area contributed by atoms with Crippen LogP contribution >= 0.6 is 0 Å². The van der Waals surface area contributed by atoms with Crippen LogP contribution in [0, 0.1) is 5.92 Å². The Balaban J connectivity index is 2.19. The zero-order chi connectivity index (χ0) is 13.9. The number of ether oxygens (including phenoxy) is 1. The topological polar surface area (TPSA) is 74.2 Å². The van der Waals surface area contributed by atoms with Gasteiger partial charge in [0.25, 0.3) is 0 Å². The molecule has 1 aromatic heterocycles. The van der Waals surface area contributed by atoms with Crippen LogP contribution in [0.1, 0.15) is 70.1 Å². The molecule has 1 aromatic rings. The monoisotopic (exact) mass is 267 g/mol. The lowest BCUT2D eigenvalue weighted by molar-refractivity contribution is -0.0658. The van der Waals surface area contributed by atoms with E-state index in [1.807, 2.05) is 0 Å². The van der Waals surface area contributed by atoms with Gasteiger partial charge in [-0.3, -0.25) is 0 Å². The van der Waals surface area contributed by atoms with E-state index in [9.17, 15) is 0 Å². The molecule has 0 saturated heterocycles. The molecule has 1 aliphatic carbocycles. The maximum Gasteiger partial charge on any atom is 0.243 e. The Morgan fingerprint density at radius 2 is 2.37 bits per heavy atom. The quantitative estimate of drug-likeness (QED) is 0.887. The molecule has 5 heteroatoms. The molecule has 0 aromatic carbocycles. The fraction of sp³-hybridized carbons (Fsp3) is 0.857. The Hall–Kier alpha value is -0.940. The van der Waals surface area contributed by atoms with Gasteiger partial charge in [0, 0.05) is 7.11 Å². The lowest BCUT2D eigenvalue weighted by Crippen LogP contribution is -2.35. The van der Waals surface area contributed by atoms with Crippen LogP contribution in [0.25, 0.3) is 0 Å². The van der Waals surface area contributed by atoms with Crippen molar-refractivity contribution in [1.82, 2.24) is 10.1 Å².